The van der Waals surface area contributed by atoms with Crippen molar-refractivity contribution in [2.75, 3.05) is 27.2 Å². The highest BCUT2D eigenvalue weighted by Gasteiger charge is 2.09. The average Bonchev–Trinajstić information content (AvgIpc) is 3.21. The van der Waals surface area contributed by atoms with Gasteiger partial charge >= 0.3 is 5.97 Å². The minimum Gasteiger partial charge on any atom is -0.469 e. The molecule has 0 aliphatic heterocycles. The molecule has 7 nitrogen and oxygen atoms in total. The molecule has 0 radical (unpaired) electrons. The number of hydrogen-bond donors (Lipinski definition) is 2. The SMILES string of the molecule is CCNC(=NCCCCCCC(=O)OC)N(C)Cc1ncc(-c2ccccc2)[nH]1. The van der Waals surface area contributed by atoms with Crippen LogP contribution in [0.3, 0.4) is 0 Å². The zero-order chi connectivity index (χ0) is 20.9. The zero-order valence-corrected chi connectivity index (χ0v) is 17.8. The topological polar surface area (TPSA) is 82.6 Å². The molecule has 2 rings (SSSR count). The minimum atomic E-state index is -0.132. The summed E-state index contributed by atoms with van der Waals surface area (Å²) in [5.74, 6) is 1.65. The summed E-state index contributed by atoms with van der Waals surface area (Å²) in [6.45, 7) is 4.29. The quantitative estimate of drug-likeness (QED) is 0.261. The van der Waals surface area contributed by atoms with Crippen molar-refractivity contribution in [3.63, 3.8) is 0 Å². The summed E-state index contributed by atoms with van der Waals surface area (Å²) in [5, 5.41) is 3.34. The van der Waals surface area contributed by atoms with Gasteiger partial charge in [-0.25, -0.2) is 4.98 Å². The number of imidazole rings is 1. The number of aromatic amines is 1. The molecule has 7 heteroatoms. The maximum atomic E-state index is 11.1. The number of guanidine groups is 1. The van der Waals surface area contributed by atoms with Crippen LogP contribution in [0.15, 0.2) is 41.5 Å². The second-order valence-corrected chi connectivity index (χ2v) is 6.94. The Hall–Kier alpha value is -2.83. The molecule has 0 atom stereocenters. The molecule has 0 aliphatic rings. The summed E-state index contributed by atoms with van der Waals surface area (Å²) in [6.07, 6.45) is 6.32. The van der Waals surface area contributed by atoms with Gasteiger partial charge in [-0.2, -0.15) is 0 Å². The minimum absolute atomic E-state index is 0.132. The van der Waals surface area contributed by atoms with Crippen LogP contribution in [0.25, 0.3) is 11.3 Å². The van der Waals surface area contributed by atoms with Gasteiger partial charge in [-0.15, -0.1) is 0 Å². The Labute approximate surface area is 173 Å². The highest BCUT2D eigenvalue weighted by molar-refractivity contribution is 5.79. The first kappa shape index (κ1) is 22.5. The van der Waals surface area contributed by atoms with E-state index in [4.69, 9.17) is 4.99 Å². The summed E-state index contributed by atoms with van der Waals surface area (Å²) in [5.41, 5.74) is 2.14. The van der Waals surface area contributed by atoms with Gasteiger partial charge < -0.3 is 19.9 Å². The van der Waals surface area contributed by atoms with Crippen LogP contribution in [0.2, 0.25) is 0 Å². The van der Waals surface area contributed by atoms with Crippen LogP contribution in [0.4, 0.5) is 0 Å². The van der Waals surface area contributed by atoms with Gasteiger partial charge in [-0.3, -0.25) is 9.79 Å². The first-order valence-corrected chi connectivity index (χ1v) is 10.3. The highest BCUT2D eigenvalue weighted by Crippen LogP contribution is 2.16. The number of unbranched alkanes of at least 4 members (excludes halogenated alkanes) is 3. The largest absolute Gasteiger partial charge is 0.469 e. The molecule has 0 saturated heterocycles. The molecule has 0 aliphatic carbocycles. The molecule has 0 bridgehead atoms. The number of esters is 1. The number of hydrogen-bond acceptors (Lipinski definition) is 4. The number of carbonyl (C=O) groups excluding carboxylic acids is 1. The lowest BCUT2D eigenvalue weighted by molar-refractivity contribution is -0.140. The van der Waals surface area contributed by atoms with E-state index in [0.717, 1.165) is 61.8 Å². The molecule has 2 aromatic rings. The number of ether oxygens (including phenoxy) is 1. The van der Waals surface area contributed by atoms with Gasteiger partial charge in [0.25, 0.3) is 0 Å². The predicted molar refractivity (Wildman–Crippen MR) is 117 cm³/mol. The number of H-pyrrole nitrogens is 1. The number of nitrogens with one attached hydrogen (secondary N) is 2. The maximum Gasteiger partial charge on any atom is 0.305 e. The van der Waals surface area contributed by atoms with E-state index in [1.165, 1.54) is 7.11 Å². The zero-order valence-electron chi connectivity index (χ0n) is 17.8. The van der Waals surface area contributed by atoms with Crippen LogP contribution in [-0.2, 0) is 16.1 Å². The lowest BCUT2D eigenvalue weighted by Gasteiger charge is -2.21. The van der Waals surface area contributed by atoms with E-state index in [1.807, 2.05) is 31.4 Å². The Morgan fingerprint density at radius 1 is 1.21 bits per heavy atom. The third kappa shape index (κ3) is 7.97. The maximum absolute atomic E-state index is 11.1. The van der Waals surface area contributed by atoms with Gasteiger partial charge in [0.1, 0.15) is 5.82 Å². The first-order valence-electron chi connectivity index (χ1n) is 10.3. The Morgan fingerprint density at radius 3 is 2.69 bits per heavy atom. The standard InChI is InChI=1S/C22H33N5O2/c1-4-23-22(24-15-11-6-5-10-14-21(28)29-3)27(2)17-20-25-16-19(26-20)18-12-8-7-9-13-18/h7-9,12-13,16H,4-6,10-11,14-15,17H2,1-3H3,(H,23,24)(H,25,26). The van der Waals surface area contributed by atoms with E-state index in [0.29, 0.717) is 13.0 Å². The van der Waals surface area contributed by atoms with Crippen LogP contribution >= 0.6 is 0 Å². The molecular weight excluding hydrogens is 366 g/mol. The van der Waals surface area contributed by atoms with Gasteiger partial charge in [0.05, 0.1) is 25.5 Å². The van der Waals surface area contributed by atoms with Gasteiger partial charge in [-0.1, -0.05) is 43.2 Å². The molecule has 0 unspecified atom stereocenters. The van der Waals surface area contributed by atoms with Crippen molar-refractivity contribution in [3.8, 4) is 11.3 Å². The normalized spacial score (nSPS) is 11.3. The molecular formula is C22H33N5O2. The number of aromatic nitrogens is 2. The number of methoxy groups -OCH3 is 1. The summed E-state index contributed by atoms with van der Waals surface area (Å²) < 4.78 is 4.66. The van der Waals surface area contributed by atoms with Crippen LogP contribution in [0, 0.1) is 0 Å². The Morgan fingerprint density at radius 2 is 1.97 bits per heavy atom. The van der Waals surface area contributed by atoms with Gasteiger partial charge in [0, 0.05) is 26.6 Å². The van der Waals surface area contributed by atoms with Crippen molar-refractivity contribution in [1.82, 2.24) is 20.2 Å². The molecule has 0 fully saturated rings. The van der Waals surface area contributed by atoms with Crippen LogP contribution < -0.4 is 5.32 Å². The molecule has 0 amide bonds. The highest BCUT2D eigenvalue weighted by atomic mass is 16.5. The van der Waals surface area contributed by atoms with Crippen molar-refractivity contribution in [2.24, 2.45) is 4.99 Å². The van der Waals surface area contributed by atoms with Crippen molar-refractivity contribution in [3.05, 3.63) is 42.4 Å². The lowest BCUT2D eigenvalue weighted by atomic mass is 10.1. The number of nitrogens with zero attached hydrogens (tertiary/aromatic N) is 3. The summed E-state index contributed by atoms with van der Waals surface area (Å²) in [7, 11) is 3.45. The molecule has 1 aromatic heterocycles. The van der Waals surface area contributed by atoms with Gasteiger partial charge in [-0.05, 0) is 25.3 Å². The molecule has 29 heavy (non-hydrogen) atoms. The van der Waals surface area contributed by atoms with E-state index in [9.17, 15) is 4.79 Å². The Bertz CT molecular complexity index is 758. The second kappa shape index (κ2) is 12.6. The van der Waals surface area contributed by atoms with Gasteiger partial charge in [0.2, 0.25) is 0 Å². The van der Waals surface area contributed by atoms with Crippen LogP contribution in [0.5, 0.6) is 0 Å². The molecule has 0 saturated carbocycles. The molecule has 1 aromatic carbocycles. The fourth-order valence-corrected chi connectivity index (χ4v) is 3.00. The van der Waals surface area contributed by atoms with Crippen molar-refractivity contribution in [1.29, 1.82) is 0 Å². The van der Waals surface area contributed by atoms with E-state index in [-0.39, 0.29) is 5.97 Å². The molecule has 2 N–H and O–H groups in total. The summed E-state index contributed by atoms with van der Waals surface area (Å²) in [4.78, 5) is 25.8. The lowest BCUT2D eigenvalue weighted by Crippen LogP contribution is -2.38. The fraction of sp³-hybridized carbons (Fsp3) is 0.500. The predicted octanol–water partition coefficient (Wildman–Crippen LogP) is 3.60. The smallest absolute Gasteiger partial charge is 0.305 e. The number of rotatable bonds is 11. The van der Waals surface area contributed by atoms with E-state index < -0.39 is 0 Å². The average molecular weight is 400 g/mol. The fourth-order valence-electron chi connectivity index (χ4n) is 3.00. The third-order valence-corrected chi connectivity index (χ3v) is 4.57. The molecule has 1 heterocycles. The van der Waals surface area contributed by atoms with E-state index >= 15 is 0 Å². The number of carbonyl (C=O) groups is 1. The molecule has 158 valence electrons. The van der Waals surface area contributed by atoms with Crippen LogP contribution in [-0.4, -0.2) is 54.0 Å². The van der Waals surface area contributed by atoms with Gasteiger partial charge in [0.15, 0.2) is 5.96 Å². The Balaban J connectivity index is 1.81. The summed E-state index contributed by atoms with van der Waals surface area (Å²) in [6, 6.07) is 10.2. The molecule has 0 spiro atoms. The van der Waals surface area contributed by atoms with E-state index in [2.05, 4.69) is 44.0 Å². The number of benzene rings is 1. The van der Waals surface area contributed by atoms with Crippen LogP contribution in [0.1, 0.15) is 44.9 Å². The van der Waals surface area contributed by atoms with Crippen molar-refractivity contribution >= 4 is 11.9 Å². The summed E-state index contributed by atoms with van der Waals surface area (Å²) >= 11 is 0. The first-order chi connectivity index (χ1) is 14.1. The Kier molecular flexibility index (Phi) is 9.75. The third-order valence-electron chi connectivity index (χ3n) is 4.57. The van der Waals surface area contributed by atoms with Crippen molar-refractivity contribution in [2.45, 2.75) is 45.6 Å². The number of aliphatic imine (C=N–C) groups is 1. The second-order valence-electron chi connectivity index (χ2n) is 6.94. The monoisotopic (exact) mass is 399 g/mol. The van der Waals surface area contributed by atoms with E-state index in [1.54, 1.807) is 0 Å². The van der Waals surface area contributed by atoms with Crippen molar-refractivity contribution < 1.29 is 9.53 Å².